The maximum atomic E-state index is 13.5. The molecule has 1 rings (SSSR count). The summed E-state index contributed by atoms with van der Waals surface area (Å²) in [6.45, 7) is 11.7. The van der Waals surface area contributed by atoms with E-state index in [0.717, 1.165) is 5.69 Å². The maximum absolute atomic E-state index is 13.5. The fourth-order valence-corrected chi connectivity index (χ4v) is 1.44. The summed E-state index contributed by atoms with van der Waals surface area (Å²) >= 11 is 0. The summed E-state index contributed by atoms with van der Waals surface area (Å²) in [6.07, 6.45) is -0.184. The molecule has 4 heteroatoms. The molecule has 17 heavy (non-hydrogen) atoms. The van der Waals surface area contributed by atoms with Crippen molar-refractivity contribution in [1.29, 1.82) is 0 Å². The lowest BCUT2D eigenvalue weighted by molar-refractivity contribution is -0.0172. The topological polar surface area (TPSA) is 17.8 Å². The van der Waals surface area contributed by atoms with Crippen molar-refractivity contribution in [3.8, 4) is 0 Å². The minimum atomic E-state index is -2.77. The molecule has 0 saturated heterocycles. The fraction of sp³-hybridized carbons (Fsp3) is 0.769. The summed E-state index contributed by atoms with van der Waals surface area (Å²) < 4.78 is 28.5. The van der Waals surface area contributed by atoms with Crippen LogP contribution in [0.3, 0.4) is 0 Å². The van der Waals surface area contributed by atoms with Crippen LogP contribution in [0.15, 0.2) is 6.07 Å². The van der Waals surface area contributed by atoms with Crippen molar-refractivity contribution < 1.29 is 8.78 Å². The molecule has 0 N–H and O–H groups in total. The van der Waals surface area contributed by atoms with Gasteiger partial charge in [-0.05, 0) is 18.9 Å². The highest BCUT2D eigenvalue weighted by molar-refractivity contribution is 5.17. The van der Waals surface area contributed by atoms with Gasteiger partial charge < -0.3 is 0 Å². The Morgan fingerprint density at radius 2 is 1.82 bits per heavy atom. The first-order chi connectivity index (χ1) is 7.92. The third-order valence-electron chi connectivity index (χ3n) is 2.51. The van der Waals surface area contributed by atoms with E-state index in [9.17, 15) is 8.78 Å². The molecule has 0 aliphatic heterocycles. The molecule has 0 atom stereocenters. The Labute approximate surface area is 103 Å². The Morgan fingerprint density at radius 3 is 2.18 bits per heavy atom. The molecule has 0 bridgehead atoms. The highest BCUT2D eigenvalue weighted by Gasteiger charge is 2.33. The Morgan fingerprint density at radius 1 is 1.29 bits per heavy atom. The van der Waals surface area contributed by atoms with Crippen LogP contribution in [-0.4, -0.2) is 9.78 Å². The molecule has 0 aromatic carbocycles. The lowest BCUT2D eigenvalue weighted by Crippen LogP contribution is -2.17. The normalized spacial score (nSPS) is 11.4. The second-order valence-electron chi connectivity index (χ2n) is 3.98. The van der Waals surface area contributed by atoms with E-state index in [4.69, 9.17) is 0 Å². The summed E-state index contributed by atoms with van der Waals surface area (Å²) in [5.74, 6) is -2.58. The molecule has 0 aliphatic carbocycles. The highest BCUT2D eigenvalue weighted by atomic mass is 19.3. The van der Waals surface area contributed by atoms with E-state index in [1.165, 1.54) is 17.7 Å². The molecule has 0 saturated carbocycles. The van der Waals surface area contributed by atoms with E-state index >= 15 is 0 Å². The van der Waals surface area contributed by atoms with Gasteiger partial charge in [-0.25, -0.2) is 0 Å². The van der Waals surface area contributed by atoms with Crippen molar-refractivity contribution in [3.05, 3.63) is 17.5 Å². The first kappa shape index (κ1) is 16.1. The van der Waals surface area contributed by atoms with Gasteiger partial charge in [0.1, 0.15) is 5.69 Å². The average molecular weight is 246 g/mol. The zero-order chi connectivity index (χ0) is 13.6. The molecular weight excluding hydrogens is 222 g/mol. The van der Waals surface area contributed by atoms with Gasteiger partial charge in [0.05, 0.1) is 5.69 Å². The Bertz CT molecular complexity index is 330. The van der Waals surface area contributed by atoms with E-state index in [-0.39, 0.29) is 18.0 Å². The van der Waals surface area contributed by atoms with Gasteiger partial charge in [0.25, 0.3) is 5.92 Å². The van der Waals surface area contributed by atoms with Crippen molar-refractivity contribution in [2.75, 3.05) is 0 Å². The third kappa shape index (κ3) is 3.79. The van der Waals surface area contributed by atoms with Crippen LogP contribution in [0.25, 0.3) is 0 Å². The van der Waals surface area contributed by atoms with E-state index in [2.05, 4.69) is 5.10 Å². The Hall–Kier alpha value is -0.930. The predicted octanol–water partition coefficient (Wildman–Crippen LogP) is 4.55. The predicted molar refractivity (Wildman–Crippen MR) is 67.5 cm³/mol. The SMILES string of the molecule is CC.CCn1nc(C(C)C)cc1C(F)(F)CC. The van der Waals surface area contributed by atoms with E-state index in [1.54, 1.807) is 0 Å². The van der Waals surface area contributed by atoms with Crippen molar-refractivity contribution in [2.24, 2.45) is 0 Å². The molecule has 2 nitrogen and oxygen atoms in total. The molecule has 0 unspecified atom stereocenters. The summed E-state index contributed by atoms with van der Waals surface area (Å²) in [6, 6.07) is 1.53. The van der Waals surface area contributed by atoms with Crippen molar-refractivity contribution in [1.82, 2.24) is 9.78 Å². The number of halogens is 2. The number of rotatable bonds is 4. The van der Waals surface area contributed by atoms with Crippen molar-refractivity contribution in [2.45, 2.75) is 66.3 Å². The van der Waals surface area contributed by atoms with Crippen LogP contribution in [-0.2, 0) is 12.5 Å². The van der Waals surface area contributed by atoms with Gasteiger partial charge in [-0.2, -0.15) is 13.9 Å². The summed E-state index contributed by atoms with van der Waals surface area (Å²) in [4.78, 5) is 0. The average Bonchev–Trinajstić information content (AvgIpc) is 2.76. The van der Waals surface area contributed by atoms with Crippen LogP contribution >= 0.6 is 0 Å². The van der Waals surface area contributed by atoms with Gasteiger partial charge in [-0.15, -0.1) is 0 Å². The molecule has 0 aliphatic rings. The van der Waals surface area contributed by atoms with Crippen LogP contribution in [0.1, 0.15) is 65.3 Å². The number of aromatic nitrogens is 2. The van der Waals surface area contributed by atoms with Crippen molar-refractivity contribution in [3.63, 3.8) is 0 Å². The standard InChI is InChI=1S/C11H18F2N2.C2H6/c1-5-11(12,13)10-7-9(8(3)4)14-15(10)6-2;1-2/h7-8H,5-6H2,1-4H3;1-2H3. The minimum absolute atomic E-state index is 0.0381. The molecule has 0 fully saturated rings. The smallest absolute Gasteiger partial charge is 0.263 e. The second-order valence-corrected chi connectivity index (χ2v) is 3.98. The molecular formula is C13H24F2N2. The molecule has 1 aromatic rings. The first-order valence-electron chi connectivity index (χ1n) is 6.38. The molecule has 1 aromatic heterocycles. The van der Waals surface area contributed by atoms with Gasteiger partial charge in [-0.3, -0.25) is 4.68 Å². The van der Waals surface area contributed by atoms with Crippen LogP contribution in [0.2, 0.25) is 0 Å². The van der Waals surface area contributed by atoms with Gasteiger partial charge >= 0.3 is 0 Å². The van der Waals surface area contributed by atoms with Crippen LogP contribution in [0.4, 0.5) is 8.78 Å². The molecule has 100 valence electrons. The van der Waals surface area contributed by atoms with Gasteiger partial charge in [-0.1, -0.05) is 34.6 Å². The van der Waals surface area contributed by atoms with Gasteiger partial charge in [0.15, 0.2) is 0 Å². The van der Waals surface area contributed by atoms with Crippen LogP contribution in [0, 0.1) is 0 Å². The number of aryl methyl sites for hydroxylation is 1. The Balaban J connectivity index is 0.00000121. The van der Waals surface area contributed by atoms with Crippen LogP contribution in [0.5, 0.6) is 0 Å². The molecule has 0 radical (unpaired) electrons. The number of nitrogens with zero attached hydrogens (tertiary/aromatic N) is 2. The summed E-state index contributed by atoms with van der Waals surface area (Å²) in [7, 11) is 0. The Kier molecular flexibility index (Phi) is 6.35. The quantitative estimate of drug-likeness (QED) is 0.761. The third-order valence-corrected chi connectivity index (χ3v) is 2.51. The number of alkyl halides is 2. The largest absolute Gasteiger partial charge is 0.289 e. The minimum Gasteiger partial charge on any atom is -0.263 e. The lowest BCUT2D eigenvalue weighted by atomic mass is 10.1. The zero-order valence-corrected chi connectivity index (χ0v) is 11.7. The summed E-state index contributed by atoms with van der Waals surface area (Å²) in [5.41, 5.74) is 0.774. The highest BCUT2D eigenvalue weighted by Crippen LogP contribution is 2.32. The van der Waals surface area contributed by atoms with Crippen LogP contribution < -0.4 is 0 Å². The van der Waals surface area contributed by atoms with Gasteiger partial charge in [0, 0.05) is 13.0 Å². The maximum Gasteiger partial charge on any atom is 0.289 e. The number of hydrogen-bond donors (Lipinski definition) is 0. The monoisotopic (exact) mass is 246 g/mol. The zero-order valence-electron chi connectivity index (χ0n) is 11.7. The van der Waals surface area contributed by atoms with E-state index in [1.807, 2.05) is 34.6 Å². The molecule has 0 amide bonds. The van der Waals surface area contributed by atoms with E-state index in [0.29, 0.717) is 6.54 Å². The lowest BCUT2D eigenvalue weighted by Gasteiger charge is -2.14. The fourth-order valence-electron chi connectivity index (χ4n) is 1.44. The molecule has 0 spiro atoms. The second kappa shape index (κ2) is 6.72. The summed E-state index contributed by atoms with van der Waals surface area (Å²) in [5, 5.41) is 4.18. The number of hydrogen-bond acceptors (Lipinski definition) is 1. The molecule has 1 heterocycles. The van der Waals surface area contributed by atoms with E-state index < -0.39 is 5.92 Å². The first-order valence-corrected chi connectivity index (χ1v) is 6.38. The van der Waals surface area contributed by atoms with Gasteiger partial charge in [0.2, 0.25) is 0 Å². The van der Waals surface area contributed by atoms with Crippen molar-refractivity contribution >= 4 is 0 Å².